The first-order chi connectivity index (χ1) is 16.2. The Bertz CT molecular complexity index is 1080. The molecule has 0 unspecified atom stereocenters. The van der Waals surface area contributed by atoms with E-state index in [2.05, 4.69) is 26.8 Å². The van der Waals surface area contributed by atoms with Crippen molar-refractivity contribution in [2.75, 3.05) is 13.7 Å². The lowest BCUT2D eigenvalue weighted by Crippen LogP contribution is -2.26. The minimum atomic E-state index is -0.910. The van der Waals surface area contributed by atoms with Crippen molar-refractivity contribution in [3.8, 4) is 17.0 Å². The molecule has 0 radical (unpaired) electrons. The van der Waals surface area contributed by atoms with Crippen LogP contribution in [0.3, 0.4) is 0 Å². The van der Waals surface area contributed by atoms with Crippen molar-refractivity contribution in [2.24, 2.45) is 0 Å². The molecule has 34 heavy (non-hydrogen) atoms. The van der Waals surface area contributed by atoms with Crippen LogP contribution in [-0.2, 0) is 12.0 Å². The fraction of sp³-hybridized carbons (Fsp3) is 0.615. The van der Waals surface area contributed by atoms with Crippen LogP contribution in [0.5, 0.6) is 5.75 Å². The molecule has 8 heteroatoms. The van der Waals surface area contributed by atoms with E-state index < -0.39 is 5.60 Å². The summed E-state index contributed by atoms with van der Waals surface area (Å²) in [6.45, 7) is 10.5. The van der Waals surface area contributed by atoms with Crippen LogP contribution in [0.25, 0.3) is 16.2 Å². The summed E-state index contributed by atoms with van der Waals surface area (Å²) in [5.74, 6) is 0.779. The average molecular weight is 506 g/mol. The molecular weight excluding hydrogens is 466 g/mol. The zero-order valence-corrected chi connectivity index (χ0v) is 23.0. The Kier molecular flexibility index (Phi) is 9.06. The number of imidazole rings is 1. The fourth-order valence-electron chi connectivity index (χ4n) is 4.02. The van der Waals surface area contributed by atoms with Gasteiger partial charge >= 0.3 is 0 Å². The van der Waals surface area contributed by atoms with Crippen molar-refractivity contribution in [3.05, 3.63) is 28.9 Å². The highest BCUT2D eigenvalue weighted by Gasteiger charge is 2.33. The molecule has 1 aromatic carbocycles. The SMILES string of the molecule is CCCCC(O)(CCCC)c1nn2c(-c3ccc(OC)c(SC(C)(C)CO)c3)c(CC)nc2s1. The first-order valence-corrected chi connectivity index (χ1v) is 13.9. The standard InChI is InChI=1S/C26H39N3O3S2/c1-7-10-14-26(31,15-11-8-2)23-28-29-22(19(9-3)27-24(29)33-23)18-12-13-20(32-6)21(16-18)34-25(4,5)17-30/h12-13,16,30-31H,7-11,14-15,17H2,1-6H3. The van der Waals surface area contributed by atoms with Gasteiger partial charge in [-0.15, -0.1) is 11.8 Å². The molecule has 6 nitrogen and oxygen atoms in total. The van der Waals surface area contributed by atoms with Crippen molar-refractivity contribution >= 4 is 28.1 Å². The Morgan fingerprint density at radius 2 is 1.79 bits per heavy atom. The molecule has 0 fully saturated rings. The summed E-state index contributed by atoms with van der Waals surface area (Å²) in [6, 6.07) is 6.11. The maximum Gasteiger partial charge on any atom is 0.213 e. The molecule has 0 amide bonds. The Balaban J connectivity index is 2.11. The zero-order chi connectivity index (χ0) is 24.9. The lowest BCUT2D eigenvalue weighted by molar-refractivity contribution is 0.0131. The Hall–Kier alpha value is -1.61. The molecule has 3 aromatic rings. The molecular formula is C26H39N3O3S2. The highest BCUT2D eigenvalue weighted by atomic mass is 32.2. The molecule has 0 bridgehead atoms. The number of ether oxygens (including phenoxy) is 1. The van der Waals surface area contributed by atoms with Crippen LogP contribution in [-0.4, -0.2) is 43.3 Å². The summed E-state index contributed by atoms with van der Waals surface area (Å²) >= 11 is 3.10. The summed E-state index contributed by atoms with van der Waals surface area (Å²) < 4.78 is 7.18. The summed E-state index contributed by atoms with van der Waals surface area (Å²) in [6.07, 6.45) is 6.24. The number of hydrogen-bond donors (Lipinski definition) is 2. The number of unbranched alkanes of at least 4 members (excludes halogenated alkanes) is 2. The smallest absolute Gasteiger partial charge is 0.213 e. The molecule has 3 rings (SSSR count). The predicted octanol–water partition coefficient (Wildman–Crippen LogP) is 6.46. The predicted molar refractivity (Wildman–Crippen MR) is 142 cm³/mol. The van der Waals surface area contributed by atoms with Crippen molar-refractivity contribution in [1.29, 1.82) is 0 Å². The number of hydrogen-bond acceptors (Lipinski definition) is 7. The maximum absolute atomic E-state index is 11.6. The van der Waals surface area contributed by atoms with Crippen LogP contribution in [0.1, 0.15) is 83.8 Å². The van der Waals surface area contributed by atoms with E-state index in [9.17, 15) is 10.2 Å². The second-order valence-electron chi connectivity index (χ2n) is 9.49. The number of thioether (sulfide) groups is 1. The number of rotatable bonds is 13. The minimum Gasteiger partial charge on any atom is -0.496 e. The van der Waals surface area contributed by atoms with Gasteiger partial charge in [0.15, 0.2) is 0 Å². The van der Waals surface area contributed by atoms with E-state index in [0.29, 0.717) is 0 Å². The van der Waals surface area contributed by atoms with Crippen molar-refractivity contribution in [3.63, 3.8) is 0 Å². The summed E-state index contributed by atoms with van der Waals surface area (Å²) in [5, 5.41) is 27.1. The molecule has 0 saturated heterocycles. The Morgan fingerprint density at radius 3 is 2.35 bits per heavy atom. The number of methoxy groups -OCH3 is 1. The largest absolute Gasteiger partial charge is 0.496 e. The number of benzene rings is 1. The Labute approximate surface area is 211 Å². The minimum absolute atomic E-state index is 0.0612. The molecule has 0 aliphatic rings. The number of aryl methyl sites for hydroxylation is 1. The molecule has 2 heterocycles. The summed E-state index contributed by atoms with van der Waals surface area (Å²) in [5.41, 5.74) is 2.04. The van der Waals surface area contributed by atoms with Gasteiger partial charge in [-0.25, -0.2) is 9.50 Å². The van der Waals surface area contributed by atoms with Crippen LogP contribution in [0, 0.1) is 0 Å². The molecule has 0 aliphatic heterocycles. The highest BCUT2D eigenvalue weighted by molar-refractivity contribution is 8.00. The topological polar surface area (TPSA) is 79.9 Å². The summed E-state index contributed by atoms with van der Waals surface area (Å²) in [4.78, 5) is 6.68. The van der Waals surface area contributed by atoms with Gasteiger partial charge in [0.25, 0.3) is 0 Å². The van der Waals surface area contributed by atoms with E-state index in [1.807, 2.05) is 30.5 Å². The quantitative estimate of drug-likeness (QED) is 0.260. The maximum atomic E-state index is 11.6. The van der Waals surface area contributed by atoms with Crippen LogP contribution in [0.15, 0.2) is 23.1 Å². The van der Waals surface area contributed by atoms with Crippen LogP contribution < -0.4 is 4.74 Å². The van der Waals surface area contributed by atoms with Gasteiger partial charge in [-0.1, -0.05) is 57.8 Å². The monoisotopic (exact) mass is 505 g/mol. The first kappa shape index (κ1) is 27.0. The number of aliphatic hydroxyl groups excluding tert-OH is 1. The number of nitrogens with zero attached hydrogens (tertiary/aromatic N) is 3. The second kappa shape index (κ2) is 11.4. The molecule has 0 saturated carbocycles. The molecule has 2 N–H and O–H groups in total. The van der Waals surface area contributed by atoms with Gasteiger partial charge in [-0.2, -0.15) is 5.10 Å². The van der Waals surface area contributed by atoms with Gasteiger partial charge in [0, 0.05) is 10.3 Å². The lowest BCUT2D eigenvalue weighted by Gasteiger charge is -2.25. The van der Waals surface area contributed by atoms with E-state index in [4.69, 9.17) is 14.8 Å². The van der Waals surface area contributed by atoms with Crippen LogP contribution in [0.2, 0.25) is 0 Å². The van der Waals surface area contributed by atoms with E-state index in [1.54, 1.807) is 18.9 Å². The normalized spacial score (nSPS) is 12.6. The third kappa shape index (κ3) is 5.78. The van der Waals surface area contributed by atoms with Gasteiger partial charge in [-0.3, -0.25) is 0 Å². The van der Waals surface area contributed by atoms with Crippen molar-refractivity contribution in [1.82, 2.24) is 14.6 Å². The molecule has 2 aromatic heterocycles. The van der Waals surface area contributed by atoms with Crippen molar-refractivity contribution < 1.29 is 14.9 Å². The molecule has 0 atom stereocenters. The van der Waals surface area contributed by atoms with E-state index in [1.165, 1.54) is 11.3 Å². The van der Waals surface area contributed by atoms with Gasteiger partial charge in [0.1, 0.15) is 16.4 Å². The number of aliphatic hydroxyl groups is 2. The third-order valence-electron chi connectivity index (χ3n) is 6.10. The van der Waals surface area contributed by atoms with Crippen molar-refractivity contribution in [2.45, 2.75) is 94.8 Å². The van der Waals surface area contributed by atoms with Gasteiger partial charge in [0.2, 0.25) is 4.96 Å². The average Bonchev–Trinajstić information content (AvgIpc) is 3.39. The number of aromatic nitrogens is 3. The highest BCUT2D eigenvalue weighted by Crippen LogP contribution is 2.42. The van der Waals surface area contributed by atoms with Gasteiger partial charge in [-0.05, 0) is 51.3 Å². The fourth-order valence-corrected chi connectivity index (χ4v) is 6.19. The number of fused-ring (bicyclic) bond motifs is 1. The Morgan fingerprint density at radius 1 is 1.12 bits per heavy atom. The van der Waals surface area contributed by atoms with Gasteiger partial charge in [0.05, 0.1) is 30.0 Å². The van der Waals surface area contributed by atoms with Crippen LogP contribution >= 0.6 is 23.1 Å². The lowest BCUT2D eigenvalue weighted by atomic mass is 9.91. The second-order valence-corrected chi connectivity index (χ2v) is 12.2. The van der Waals surface area contributed by atoms with Gasteiger partial charge < -0.3 is 14.9 Å². The van der Waals surface area contributed by atoms with Crippen LogP contribution in [0.4, 0.5) is 0 Å². The molecule has 0 aliphatic carbocycles. The first-order valence-electron chi connectivity index (χ1n) is 12.3. The van der Waals surface area contributed by atoms with E-state index in [-0.39, 0.29) is 11.4 Å². The molecule has 188 valence electrons. The van der Waals surface area contributed by atoms with E-state index >= 15 is 0 Å². The summed E-state index contributed by atoms with van der Waals surface area (Å²) in [7, 11) is 1.67. The van der Waals surface area contributed by atoms with E-state index in [0.717, 1.165) is 82.5 Å². The molecule has 0 spiro atoms. The zero-order valence-electron chi connectivity index (χ0n) is 21.3. The third-order valence-corrected chi connectivity index (χ3v) is 8.42.